The van der Waals surface area contributed by atoms with Gasteiger partial charge in [-0.3, -0.25) is 9.69 Å². The Kier molecular flexibility index (Phi) is 9.00. The Morgan fingerprint density at radius 3 is 2.78 bits per heavy atom. The second-order valence-corrected chi connectivity index (χ2v) is 9.76. The Labute approximate surface area is 221 Å². The Bertz CT molecular complexity index is 1260. The van der Waals surface area contributed by atoms with Crippen molar-refractivity contribution >= 4 is 34.0 Å². The maximum Gasteiger partial charge on any atom is 0.254 e. The first kappa shape index (κ1) is 26.5. The first-order valence-corrected chi connectivity index (χ1v) is 13.2. The van der Waals surface area contributed by atoms with E-state index < -0.39 is 0 Å². The molecule has 1 aliphatic heterocycles. The Morgan fingerprint density at radius 2 is 2.05 bits per heavy atom. The topological polar surface area (TPSA) is 119 Å². The van der Waals surface area contributed by atoms with E-state index in [0.717, 1.165) is 48.3 Å². The van der Waals surface area contributed by atoms with Gasteiger partial charge in [0.2, 0.25) is 5.95 Å². The number of piperazine rings is 1. The summed E-state index contributed by atoms with van der Waals surface area (Å²) in [7, 11) is 1.70. The number of carbonyl (C=O) groups excluding carboxylic acids is 1. The van der Waals surface area contributed by atoms with Crippen molar-refractivity contribution in [3.8, 4) is 16.6 Å². The molecule has 37 heavy (non-hydrogen) atoms. The summed E-state index contributed by atoms with van der Waals surface area (Å²) in [5, 5.41) is 16.9. The van der Waals surface area contributed by atoms with Crippen LogP contribution in [0.1, 0.15) is 35.0 Å². The minimum Gasteiger partial charge on any atom is -0.383 e. The molecule has 1 fully saturated rings. The van der Waals surface area contributed by atoms with Crippen LogP contribution >= 0.6 is 11.3 Å². The molecule has 2 aromatic heterocycles. The normalized spacial score (nSPS) is 13.8. The first-order valence-electron chi connectivity index (χ1n) is 12.4. The summed E-state index contributed by atoms with van der Waals surface area (Å²) in [6.07, 6.45) is 2.51. The molecule has 194 valence electrons. The van der Waals surface area contributed by atoms with E-state index >= 15 is 0 Å². The van der Waals surface area contributed by atoms with Gasteiger partial charge in [0.05, 0.1) is 28.9 Å². The lowest BCUT2D eigenvalue weighted by atomic mass is 10.1. The van der Waals surface area contributed by atoms with Crippen LogP contribution in [0.4, 0.5) is 16.8 Å². The number of ether oxygens (including phenoxy) is 1. The summed E-state index contributed by atoms with van der Waals surface area (Å²) < 4.78 is 5.16. The third kappa shape index (κ3) is 6.60. The number of thiazole rings is 1. The molecule has 0 unspecified atom stereocenters. The molecule has 11 heteroatoms. The van der Waals surface area contributed by atoms with E-state index in [1.54, 1.807) is 7.11 Å². The smallest absolute Gasteiger partial charge is 0.254 e. The van der Waals surface area contributed by atoms with Gasteiger partial charge in [0.25, 0.3) is 5.91 Å². The number of hydrogen-bond acceptors (Lipinski definition) is 10. The van der Waals surface area contributed by atoms with Crippen molar-refractivity contribution in [2.45, 2.75) is 20.3 Å². The molecule has 1 saturated heterocycles. The number of hydrogen-bond donors (Lipinski definition) is 2. The van der Waals surface area contributed by atoms with Crippen molar-refractivity contribution in [3.63, 3.8) is 0 Å². The molecule has 0 bridgehead atoms. The number of rotatable bonds is 10. The number of nitrogens with one attached hydrogen (secondary N) is 2. The monoisotopic (exact) mass is 520 g/mol. The van der Waals surface area contributed by atoms with Crippen molar-refractivity contribution in [2.75, 3.05) is 63.6 Å². The number of carbonyl (C=O) groups is 1. The minimum absolute atomic E-state index is 0.00358. The third-order valence-electron chi connectivity index (χ3n) is 6.08. The van der Waals surface area contributed by atoms with Crippen LogP contribution in [0, 0.1) is 18.3 Å². The minimum atomic E-state index is 0.00358. The van der Waals surface area contributed by atoms with E-state index in [2.05, 4.69) is 43.5 Å². The molecule has 0 spiro atoms. The molecule has 1 aliphatic rings. The summed E-state index contributed by atoms with van der Waals surface area (Å²) >= 11 is 1.47. The van der Waals surface area contributed by atoms with Gasteiger partial charge in [-0.25, -0.2) is 15.0 Å². The molecular weight excluding hydrogens is 488 g/mol. The fourth-order valence-corrected chi connectivity index (χ4v) is 5.05. The van der Waals surface area contributed by atoms with Gasteiger partial charge in [0.15, 0.2) is 5.13 Å². The fraction of sp³-hybridized carbons (Fsp3) is 0.423. The maximum absolute atomic E-state index is 13.1. The highest BCUT2D eigenvalue weighted by Crippen LogP contribution is 2.34. The number of anilines is 3. The standard InChI is InChI=1S/C26H32N8O2S/c1-4-8-28-26-30-18(2)23(37-26)22-20(16-27)17-29-25(32-22)31-21-7-5-6-19(15-21)24(35)34-11-9-33(10-12-34)13-14-36-3/h5-7,15,17H,4,8-14H2,1-3H3,(H,28,30)(H,29,31,32). The van der Waals surface area contributed by atoms with Gasteiger partial charge >= 0.3 is 0 Å². The molecule has 4 rings (SSSR count). The lowest BCUT2D eigenvalue weighted by molar-refractivity contribution is 0.0594. The van der Waals surface area contributed by atoms with Crippen molar-refractivity contribution in [2.24, 2.45) is 0 Å². The van der Waals surface area contributed by atoms with E-state index in [-0.39, 0.29) is 5.91 Å². The molecule has 2 N–H and O–H groups in total. The number of benzene rings is 1. The Hall–Kier alpha value is -3.59. The van der Waals surface area contributed by atoms with Crippen LogP contribution in [0.5, 0.6) is 0 Å². The molecular formula is C26H32N8O2S. The van der Waals surface area contributed by atoms with Crippen LogP contribution in [0.15, 0.2) is 30.5 Å². The predicted octanol–water partition coefficient (Wildman–Crippen LogP) is 3.75. The van der Waals surface area contributed by atoms with E-state index in [9.17, 15) is 10.1 Å². The second-order valence-electron chi connectivity index (χ2n) is 8.76. The number of nitriles is 1. The highest BCUT2D eigenvalue weighted by atomic mass is 32.1. The molecule has 0 radical (unpaired) electrons. The number of aryl methyl sites for hydroxylation is 1. The van der Waals surface area contributed by atoms with Gasteiger partial charge < -0.3 is 20.3 Å². The molecule has 10 nitrogen and oxygen atoms in total. The number of methoxy groups -OCH3 is 1. The van der Waals surface area contributed by atoms with E-state index in [0.29, 0.717) is 48.2 Å². The highest BCUT2D eigenvalue weighted by molar-refractivity contribution is 7.19. The number of nitrogens with zero attached hydrogens (tertiary/aromatic N) is 6. The summed E-state index contributed by atoms with van der Waals surface area (Å²) in [6.45, 7) is 9.44. The summed E-state index contributed by atoms with van der Waals surface area (Å²) in [4.78, 5) is 31.7. The van der Waals surface area contributed by atoms with Gasteiger partial charge in [-0.1, -0.05) is 24.3 Å². The number of amides is 1. The molecule has 0 aliphatic carbocycles. The highest BCUT2D eigenvalue weighted by Gasteiger charge is 2.22. The summed E-state index contributed by atoms with van der Waals surface area (Å²) in [5.74, 6) is 0.352. The maximum atomic E-state index is 13.1. The van der Waals surface area contributed by atoms with Crippen molar-refractivity contribution < 1.29 is 9.53 Å². The third-order valence-corrected chi connectivity index (χ3v) is 7.21. The molecule has 1 amide bonds. The summed E-state index contributed by atoms with van der Waals surface area (Å²) in [5.41, 5.74) is 3.03. The van der Waals surface area contributed by atoms with Crippen LogP contribution in [-0.2, 0) is 4.74 Å². The molecule has 0 saturated carbocycles. The van der Waals surface area contributed by atoms with Gasteiger partial charge in [0, 0.05) is 57.6 Å². The zero-order chi connectivity index (χ0) is 26.2. The molecule has 0 atom stereocenters. The average Bonchev–Trinajstić information content (AvgIpc) is 3.30. The summed E-state index contributed by atoms with van der Waals surface area (Å²) in [6, 6.07) is 9.52. The molecule has 3 aromatic rings. The van der Waals surface area contributed by atoms with Crippen LogP contribution in [0.2, 0.25) is 0 Å². The van der Waals surface area contributed by atoms with Crippen molar-refractivity contribution in [1.82, 2.24) is 24.8 Å². The fourth-order valence-electron chi connectivity index (χ4n) is 4.06. The van der Waals surface area contributed by atoms with Crippen molar-refractivity contribution in [1.29, 1.82) is 5.26 Å². The molecule has 1 aromatic carbocycles. The quantitative estimate of drug-likeness (QED) is 0.412. The zero-order valence-electron chi connectivity index (χ0n) is 21.5. The lowest BCUT2D eigenvalue weighted by Crippen LogP contribution is -2.49. The SMILES string of the molecule is CCCNc1nc(C)c(-c2nc(Nc3cccc(C(=O)N4CCN(CCOC)CC4)c3)ncc2C#N)s1. The van der Waals surface area contributed by atoms with Crippen molar-refractivity contribution in [3.05, 3.63) is 47.3 Å². The van der Waals surface area contributed by atoms with Crippen LogP contribution < -0.4 is 10.6 Å². The second kappa shape index (κ2) is 12.6. The first-order chi connectivity index (χ1) is 18.0. The zero-order valence-corrected chi connectivity index (χ0v) is 22.3. The van der Waals surface area contributed by atoms with E-state index in [4.69, 9.17) is 4.74 Å². The van der Waals surface area contributed by atoms with Gasteiger partial charge in [-0.15, -0.1) is 0 Å². The van der Waals surface area contributed by atoms with Crippen LogP contribution in [-0.4, -0.2) is 83.6 Å². The van der Waals surface area contributed by atoms with Crippen LogP contribution in [0.25, 0.3) is 10.6 Å². The Balaban J connectivity index is 1.49. The molecule has 3 heterocycles. The lowest BCUT2D eigenvalue weighted by Gasteiger charge is -2.34. The van der Waals surface area contributed by atoms with Gasteiger partial charge in [-0.2, -0.15) is 5.26 Å². The largest absolute Gasteiger partial charge is 0.383 e. The van der Waals surface area contributed by atoms with Gasteiger partial charge in [-0.05, 0) is 31.5 Å². The van der Waals surface area contributed by atoms with E-state index in [1.807, 2.05) is 36.1 Å². The van der Waals surface area contributed by atoms with Gasteiger partial charge in [0.1, 0.15) is 11.8 Å². The van der Waals surface area contributed by atoms with E-state index in [1.165, 1.54) is 17.5 Å². The Morgan fingerprint density at radius 1 is 1.24 bits per heavy atom. The average molecular weight is 521 g/mol. The predicted molar refractivity (Wildman–Crippen MR) is 145 cm³/mol. The van der Waals surface area contributed by atoms with Crippen LogP contribution in [0.3, 0.4) is 0 Å². The number of aromatic nitrogens is 3.